The first-order valence-electron chi connectivity index (χ1n) is 8.90. The van der Waals surface area contributed by atoms with Gasteiger partial charge in [0.1, 0.15) is 5.75 Å². The fourth-order valence-corrected chi connectivity index (χ4v) is 3.05. The maximum atomic E-state index is 13.0. The summed E-state index contributed by atoms with van der Waals surface area (Å²) in [5.74, 6) is 0.992. The van der Waals surface area contributed by atoms with E-state index in [2.05, 4.69) is 15.5 Å². The number of nitrogens with zero attached hydrogens (tertiary/aromatic N) is 2. The number of benzene rings is 2. The third kappa shape index (κ3) is 3.44. The fourth-order valence-electron chi connectivity index (χ4n) is 3.05. The highest BCUT2D eigenvalue weighted by Crippen LogP contribution is 2.31. The third-order valence-corrected chi connectivity index (χ3v) is 4.34. The van der Waals surface area contributed by atoms with Gasteiger partial charge in [-0.25, -0.2) is 4.98 Å². The Bertz CT molecular complexity index is 1180. The molecule has 0 atom stereocenters. The first-order chi connectivity index (χ1) is 13.5. The number of fused-ring (bicyclic) bond motifs is 1. The molecule has 0 unspecified atom stereocenters. The van der Waals surface area contributed by atoms with E-state index in [-0.39, 0.29) is 5.91 Å². The summed E-state index contributed by atoms with van der Waals surface area (Å²) >= 11 is 0. The van der Waals surface area contributed by atoms with Crippen LogP contribution in [0.15, 0.2) is 59.1 Å². The van der Waals surface area contributed by atoms with E-state index in [1.165, 1.54) is 0 Å². The monoisotopic (exact) mass is 373 g/mol. The summed E-state index contributed by atoms with van der Waals surface area (Å²) < 4.78 is 11.2. The van der Waals surface area contributed by atoms with Gasteiger partial charge in [-0.1, -0.05) is 29.4 Å². The Morgan fingerprint density at radius 3 is 2.68 bits per heavy atom. The van der Waals surface area contributed by atoms with Gasteiger partial charge in [0, 0.05) is 5.69 Å². The topological polar surface area (TPSA) is 77.2 Å². The Morgan fingerprint density at radius 2 is 1.86 bits per heavy atom. The van der Waals surface area contributed by atoms with Gasteiger partial charge >= 0.3 is 0 Å². The maximum absolute atomic E-state index is 13.0. The van der Waals surface area contributed by atoms with Gasteiger partial charge in [-0.05, 0) is 56.7 Å². The zero-order chi connectivity index (χ0) is 19.7. The van der Waals surface area contributed by atoms with Gasteiger partial charge < -0.3 is 14.6 Å². The largest absolute Gasteiger partial charge is 0.455 e. The summed E-state index contributed by atoms with van der Waals surface area (Å²) in [6, 6.07) is 16.8. The lowest BCUT2D eigenvalue weighted by atomic mass is 10.1. The number of hydrogen-bond donors (Lipinski definition) is 1. The molecule has 6 heteroatoms. The average molecular weight is 373 g/mol. The fraction of sp³-hybridized carbons (Fsp3) is 0.136. The normalized spacial score (nSPS) is 10.8. The van der Waals surface area contributed by atoms with Crippen molar-refractivity contribution in [3.05, 3.63) is 77.1 Å². The van der Waals surface area contributed by atoms with Crippen molar-refractivity contribution in [1.29, 1.82) is 0 Å². The summed E-state index contributed by atoms with van der Waals surface area (Å²) in [7, 11) is 0. The van der Waals surface area contributed by atoms with Crippen molar-refractivity contribution in [2.24, 2.45) is 0 Å². The van der Waals surface area contributed by atoms with Gasteiger partial charge in [0.15, 0.2) is 5.75 Å². The third-order valence-electron chi connectivity index (χ3n) is 4.34. The number of nitrogens with one attached hydrogen (secondary N) is 1. The number of ether oxygens (including phenoxy) is 1. The quantitative estimate of drug-likeness (QED) is 0.532. The molecular weight excluding hydrogens is 354 g/mol. The summed E-state index contributed by atoms with van der Waals surface area (Å²) in [6.45, 7) is 5.59. The van der Waals surface area contributed by atoms with Gasteiger partial charge in [-0.15, -0.1) is 0 Å². The van der Waals surface area contributed by atoms with Crippen LogP contribution in [0.4, 0.5) is 5.69 Å². The predicted molar refractivity (Wildman–Crippen MR) is 107 cm³/mol. The second-order valence-corrected chi connectivity index (χ2v) is 6.63. The summed E-state index contributed by atoms with van der Waals surface area (Å²) in [6.07, 6.45) is 0. The lowest BCUT2D eigenvalue weighted by Crippen LogP contribution is -2.13. The van der Waals surface area contributed by atoms with Crippen LogP contribution in [0, 0.1) is 20.8 Å². The van der Waals surface area contributed by atoms with Gasteiger partial charge in [0.05, 0.1) is 22.3 Å². The van der Waals surface area contributed by atoms with E-state index in [0.29, 0.717) is 45.2 Å². The number of hydrogen-bond acceptors (Lipinski definition) is 5. The van der Waals surface area contributed by atoms with Crippen molar-refractivity contribution in [3.8, 4) is 11.5 Å². The molecule has 4 aromatic rings. The van der Waals surface area contributed by atoms with Crippen LogP contribution in [0.3, 0.4) is 0 Å². The number of anilines is 1. The van der Waals surface area contributed by atoms with Crippen molar-refractivity contribution in [3.63, 3.8) is 0 Å². The Kier molecular flexibility index (Phi) is 4.53. The molecule has 28 heavy (non-hydrogen) atoms. The molecule has 4 rings (SSSR count). The molecule has 0 aliphatic carbocycles. The van der Waals surface area contributed by atoms with Crippen LogP contribution in [-0.2, 0) is 0 Å². The SMILES string of the molecule is Cc1cccc(Oc2ccccc2NC(=O)c2cc(C)nc3onc(C)c23)c1. The highest BCUT2D eigenvalue weighted by atomic mass is 16.5. The van der Waals surface area contributed by atoms with E-state index in [1.54, 1.807) is 19.1 Å². The second-order valence-electron chi connectivity index (χ2n) is 6.63. The molecule has 6 nitrogen and oxygen atoms in total. The number of carbonyl (C=O) groups is 1. The highest BCUT2D eigenvalue weighted by Gasteiger charge is 2.19. The molecule has 2 heterocycles. The maximum Gasteiger partial charge on any atom is 0.258 e. The van der Waals surface area contributed by atoms with Crippen LogP contribution in [-0.4, -0.2) is 16.0 Å². The molecule has 2 aromatic heterocycles. The van der Waals surface area contributed by atoms with Crippen LogP contribution in [0.5, 0.6) is 11.5 Å². The van der Waals surface area contributed by atoms with E-state index in [9.17, 15) is 4.79 Å². The van der Waals surface area contributed by atoms with Gasteiger partial charge in [0.2, 0.25) is 0 Å². The Hall–Kier alpha value is -3.67. The molecule has 0 aliphatic heterocycles. The minimum absolute atomic E-state index is 0.276. The van der Waals surface area contributed by atoms with Crippen LogP contribution < -0.4 is 10.1 Å². The molecule has 0 saturated carbocycles. The smallest absolute Gasteiger partial charge is 0.258 e. The van der Waals surface area contributed by atoms with Gasteiger partial charge in [-0.3, -0.25) is 4.79 Å². The van der Waals surface area contributed by atoms with E-state index in [1.807, 2.05) is 56.3 Å². The minimum Gasteiger partial charge on any atom is -0.455 e. The Labute approximate surface area is 162 Å². The van der Waals surface area contributed by atoms with E-state index >= 15 is 0 Å². The molecular formula is C22H19N3O3. The first kappa shape index (κ1) is 17.7. The van der Waals surface area contributed by atoms with Crippen molar-refractivity contribution in [2.45, 2.75) is 20.8 Å². The number of rotatable bonds is 4. The minimum atomic E-state index is -0.276. The lowest BCUT2D eigenvalue weighted by Gasteiger charge is -2.13. The summed E-state index contributed by atoms with van der Waals surface area (Å²) in [5.41, 5.74) is 3.79. The van der Waals surface area contributed by atoms with Crippen molar-refractivity contribution >= 4 is 22.7 Å². The second kappa shape index (κ2) is 7.15. The molecule has 0 bridgehead atoms. The Morgan fingerprint density at radius 1 is 1.04 bits per heavy atom. The van der Waals surface area contributed by atoms with Crippen molar-refractivity contribution in [1.82, 2.24) is 10.1 Å². The molecule has 0 radical (unpaired) electrons. The lowest BCUT2D eigenvalue weighted by molar-refractivity contribution is 0.102. The standard InChI is InChI=1S/C22H19N3O3/c1-13-7-6-8-16(11-13)27-19-10-5-4-9-18(19)24-21(26)17-12-14(2)23-22-20(17)15(3)25-28-22/h4-12H,1-3H3,(H,24,26). The predicted octanol–water partition coefficient (Wildman–Crippen LogP) is 5.19. The number of aromatic nitrogens is 2. The van der Waals surface area contributed by atoms with Crippen LogP contribution in [0.1, 0.15) is 27.3 Å². The zero-order valence-corrected chi connectivity index (χ0v) is 15.8. The average Bonchev–Trinajstić information content (AvgIpc) is 3.03. The molecule has 1 amide bonds. The van der Waals surface area contributed by atoms with Crippen LogP contribution in [0.25, 0.3) is 11.1 Å². The summed E-state index contributed by atoms with van der Waals surface area (Å²) in [4.78, 5) is 17.3. The molecule has 0 fully saturated rings. The number of amides is 1. The van der Waals surface area contributed by atoms with Crippen LogP contribution >= 0.6 is 0 Å². The number of para-hydroxylation sites is 2. The molecule has 0 aliphatic rings. The van der Waals surface area contributed by atoms with Crippen LogP contribution in [0.2, 0.25) is 0 Å². The van der Waals surface area contributed by atoms with Crippen molar-refractivity contribution < 1.29 is 14.1 Å². The first-order valence-corrected chi connectivity index (χ1v) is 8.90. The Balaban J connectivity index is 1.67. The number of carbonyl (C=O) groups excluding carboxylic acids is 1. The van der Waals surface area contributed by atoms with Crippen molar-refractivity contribution in [2.75, 3.05) is 5.32 Å². The number of pyridine rings is 1. The number of aryl methyl sites for hydroxylation is 3. The molecule has 0 spiro atoms. The van der Waals surface area contributed by atoms with Gasteiger partial charge in [0.25, 0.3) is 11.6 Å². The highest BCUT2D eigenvalue weighted by molar-refractivity contribution is 6.12. The molecule has 0 saturated heterocycles. The van der Waals surface area contributed by atoms with E-state index < -0.39 is 0 Å². The van der Waals surface area contributed by atoms with E-state index in [4.69, 9.17) is 9.26 Å². The molecule has 2 aromatic carbocycles. The van der Waals surface area contributed by atoms with E-state index in [0.717, 1.165) is 5.56 Å². The van der Waals surface area contributed by atoms with Gasteiger partial charge in [-0.2, -0.15) is 0 Å². The summed E-state index contributed by atoms with van der Waals surface area (Å²) in [5, 5.41) is 7.47. The molecule has 1 N–H and O–H groups in total. The molecule has 140 valence electrons. The zero-order valence-electron chi connectivity index (χ0n) is 15.8.